The van der Waals surface area contributed by atoms with Crippen molar-refractivity contribution in [1.82, 2.24) is 14.8 Å². The van der Waals surface area contributed by atoms with Gasteiger partial charge in [-0.05, 0) is 127 Å². The fourth-order valence-electron chi connectivity index (χ4n) is 6.96. The molecule has 2 fully saturated rings. The highest BCUT2D eigenvalue weighted by Gasteiger charge is 2.36. The molecule has 0 unspecified atom stereocenters. The van der Waals surface area contributed by atoms with E-state index in [0.29, 0.717) is 11.6 Å². The molecule has 1 atom stereocenters. The summed E-state index contributed by atoms with van der Waals surface area (Å²) in [5, 5.41) is 4.71. The molecular weight excluding hydrogens is 592 g/mol. The van der Waals surface area contributed by atoms with E-state index in [2.05, 4.69) is 92.4 Å². The zero-order chi connectivity index (χ0) is 35.4. The second-order valence-corrected chi connectivity index (χ2v) is 13.9. The Kier molecular flexibility index (Phi) is 14.9. The molecule has 1 N–H and O–H groups in total. The highest BCUT2D eigenvalue weighted by molar-refractivity contribution is 6.08. The molecular formula is C42H62N4O2. The van der Waals surface area contributed by atoms with Gasteiger partial charge in [-0.2, -0.15) is 0 Å². The summed E-state index contributed by atoms with van der Waals surface area (Å²) in [6, 6.07) is 8.36. The predicted octanol–water partition coefficient (Wildman–Crippen LogP) is 9.92. The Hall–Kier alpha value is -3.48. The fourth-order valence-corrected chi connectivity index (χ4v) is 6.96. The summed E-state index contributed by atoms with van der Waals surface area (Å²) in [6.07, 6.45) is 15.6. The van der Waals surface area contributed by atoms with Crippen molar-refractivity contribution >= 4 is 22.5 Å². The lowest BCUT2D eigenvalue weighted by molar-refractivity contribution is 0.0654. The van der Waals surface area contributed by atoms with Gasteiger partial charge in [0.15, 0.2) is 0 Å². The van der Waals surface area contributed by atoms with Crippen LogP contribution in [0.25, 0.3) is 10.9 Å². The molecule has 6 heteroatoms. The minimum Gasteiger partial charge on any atom is -0.388 e. The fraction of sp³-hybridized carbons (Fsp3) is 0.524. The third-order valence-electron chi connectivity index (χ3n) is 9.81. The minimum atomic E-state index is -0.0853. The number of benzene rings is 1. The monoisotopic (exact) mass is 654 g/mol. The Morgan fingerprint density at radius 2 is 1.69 bits per heavy atom. The van der Waals surface area contributed by atoms with Crippen molar-refractivity contribution in [3.8, 4) is 0 Å². The summed E-state index contributed by atoms with van der Waals surface area (Å²) in [4.78, 5) is 22.5. The number of nitrogens with zero attached hydrogens (tertiary/aromatic N) is 3. The van der Waals surface area contributed by atoms with Gasteiger partial charge in [-0.15, -0.1) is 0 Å². The predicted molar refractivity (Wildman–Crippen MR) is 206 cm³/mol. The van der Waals surface area contributed by atoms with Gasteiger partial charge < -0.3 is 19.9 Å². The number of fused-ring (bicyclic) bond motifs is 1. The maximum absolute atomic E-state index is 13.3. The first kappa shape index (κ1) is 39.0. The minimum absolute atomic E-state index is 0.0853. The van der Waals surface area contributed by atoms with E-state index in [4.69, 9.17) is 0 Å². The summed E-state index contributed by atoms with van der Waals surface area (Å²) in [5.41, 5.74) is 10.6. The van der Waals surface area contributed by atoms with Gasteiger partial charge in [0, 0.05) is 56.2 Å². The second kappa shape index (κ2) is 18.3. The Morgan fingerprint density at radius 3 is 2.25 bits per heavy atom. The van der Waals surface area contributed by atoms with Crippen LogP contribution in [0.2, 0.25) is 0 Å². The molecule has 48 heavy (non-hydrogen) atoms. The van der Waals surface area contributed by atoms with Crippen molar-refractivity contribution in [2.75, 3.05) is 45.7 Å². The van der Waals surface area contributed by atoms with E-state index in [1.54, 1.807) is 14.2 Å². The third-order valence-corrected chi connectivity index (χ3v) is 9.81. The van der Waals surface area contributed by atoms with E-state index in [1.165, 1.54) is 65.8 Å². The number of carbonyl (C=O) groups excluding carboxylic acids is 1. The molecule has 4 aliphatic rings. The summed E-state index contributed by atoms with van der Waals surface area (Å²) in [5.74, 6) is 0.101. The Balaban J connectivity index is 0.000000274. The molecule has 2 aliphatic carbocycles. The van der Waals surface area contributed by atoms with Crippen molar-refractivity contribution in [3.63, 3.8) is 0 Å². The Labute approximate surface area is 291 Å². The van der Waals surface area contributed by atoms with Gasteiger partial charge in [-0.1, -0.05) is 62.8 Å². The Morgan fingerprint density at radius 1 is 1.00 bits per heavy atom. The molecule has 1 aromatic carbocycles. The molecule has 0 radical (unpaired) electrons. The van der Waals surface area contributed by atoms with Crippen molar-refractivity contribution < 1.29 is 9.53 Å². The molecule has 0 bridgehead atoms. The third kappa shape index (κ3) is 9.57. The van der Waals surface area contributed by atoms with Gasteiger partial charge in [-0.3, -0.25) is 9.78 Å². The summed E-state index contributed by atoms with van der Waals surface area (Å²) >= 11 is 0. The largest absolute Gasteiger partial charge is 0.388 e. The number of allylic oxidation sites excluding steroid dienone is 9. The summed E-state index contributed by atoms with van der Waals surface area (Å²) in [6.45, 7) is 25.5. The highest BCUT2D eigenvalue weighted by atomic mass is 16.4. The average Bonchev–Trinajstić information content (AvgIpc) is 3.73. The number of rotatable bonds is 6. The number of carbonyl (C=O) groups is 1. The first-order valence-electron chi connectivity index (χ1n) is 18.0. The van der Waals surface area contributed by atoms with Gasteiger partial charge in [0.05, 0.1) is 11.1 Å². The van der Waals surface area contributed by atoms with Crippen LogP contribution in [0.3, 0.4) is 0 Å². The van der Waals surface area contributed by atoms with E-state index in [1.807, 2.05) is 43.1 Å². The lowest BCUT2D eigenvalue weighted by Gasteiger charge is -2.32. The normalized spacial score (nSPS) is 19.2. The van der Waals surface area contributed by atoms with Crippen LogP contribution in [0.5, 0.6) is 0 Å². The number of para-hydroxylation sites is 1. The Bertz CT molecular complexity index is 1540. The zero-order valence-corrected chi connectivity index (χ0v) is 31.6. The number of amides is 1. The van der Waals surface area contributed by atoms with E-state index in [9.17, 15) is 4.79 Å². The van der Waals surface area contributed by atoms with Crippen LogP contribution in [0, 0.1) is 0 Å². The van der Waals surface area contributed by atoms with Crippen molar-refractivity contribution in [1.29, 1.82) is 0 Å². The molecule has 6 rings (SSSR count). The first-order valence-corrected chi connectivity index (χ1v) is 18.0. The SMILES string of the molecule is C=C1C(C)=CC=C1C1=C(C)C(C)=CC1.CC.COC.C[C@@H](CN1CCCCC1)Nc1ccnc2c(C(=O)N3CCCC3(C)C)cccc12. The number of hydrogen-bond acceptors (Lipinski definition) is 5. The molecule has 2 aliphatic heterocycles. The second-order valence-electron chi connectivity index (χ2n) is 13.9. The topological polar surface area (TPSA) is 57.7 Å². The quantitative estimate of drug-likeness (QED) is 0.336. The molecule has 1 amide bonds. The number of nitrogens with one attached hydrogen (secondary N) is 1. The maximum atomic E-state index is 13.3. The van der Waals surface area contributed by atoms with E-state index in [-0.39, 0.29) is 11.4 Å². The van der Waals surface area contributed by atoms with Gasteiger partial charge >= 0.3 is 0 Å². The van der Waals surface area contributed by atoms with E-state index < -0.39 is 0 Å². The standard InChI is InChI=1S/C24H34N4O.C14H16.C2H6O.C2H6/c1-18(17-27-14-5-4-6-15-27)26-21-11-13-25-22-19(21)9-7-10-20(22)23(29)28-16-8-12-24(28,2)3;1-9-5-7-13(11(9)3)14-8-6-10(2)12(14)4;1-3-2;1-2/h7,9-11,13,18H,4-6,8,12,14-17H2,1-3H3,(H,25,26);5-7H,3,8H2,1-2,4H3;1-2H3;1-2H3/t18-;;;/m0.../s1. The van der Waals surface area contributed by atoms with Crippen molar-refractivity contribution in [2.45, 2.75) is 105 Å². The zero-order valence-electron chi connectivity index (χ0n) is 31.6. The summed E-state index contributed by atoms with van der Waals surface area (Å²) in [7, 11) is 3.25. The number of pyridine rings is 1. The van der Waals surface area contributed by atoms with Gasteiger partial charge in [0.1, 0.15) is 0 Å². The number of ether oxygens (including phenoxy) is 1. The smallest absolute Gasteiger partial charge is 0.256 e. The van der Waals surface area contributed by atoms with Crippen LogP contribution in [0.4, 0.5) is 5.69 Å². The number of anilines is 1. The van der Waals surface area contributed by atoms with Crippen LogP contribution in [-0.2, 0) is 4.74 Å². The van der Waals surface area contributed by atoms with Crippen LogP contribution < -0.4 is 5.32 Å². The van der Waals surface area contributed by atoms with Crippen LogP contribution in [-0.4, -0.2) is 72.7 Å². The van der Waals surface area contributed by atoms with Crippen LogP contribution in [0.1, 0.15) is 104 Å². The molecule has 1 aromatic heterocycles. The molecule has 0 spiro atoms. The number of hydrogen-bond donors (Lipinski definition) is 1. The van der Waals surface area contributed by atoms with E-state index in [0.717, 1.165) is 48.9 Å². The van der Waals surface area contributed by atoms with Gasteiger partial charge in [0.2, 0.25) is 0 Å². The number of likely N-dealkylation sites (tertiary alicyclic amines) is 2. The van der Waals surface area contributed by atoms with Crippen LogP contribution in [0.15, 0.2) is 88.7 Å². The first-order chi connectivity index (χ1) is 23.0. The molecule has 2 saturated heterocycles. The van der Waals surface area contributed by atoms with Gasteiger partial charge in [-0.25, -0.2) is 0 Å². The number of methoxy groups -OCH3 is 1. The van der Waals surface area contributed by atoms with Crippen LogP contribution >= 0.6 is 0 Å². The maximum Gasteiger partial charge on any atom is 0.256 e. The van der Waals surface area contributed by atoms with Gasteiger partial charge in [0.25, 0.3) is 5.91 Å². The average molecular weight is 655 g/mol. The number of piperidine rings is 1. The van der Waals surface area contributed by atoms with E-state index >= 15 is 0 Å². The lowest BCUT2D eigenvalue weighted by atomic mass is 9.95. The molecule has 3 heterocycles. The molecule has 0 saturated carbocycles. The van der Waals surface area contributed by atoms with Crippen molar-refractivity contribution in [2.24, 2.45) is 0 Å². The highest BCUT2D eigenvalue weighted by Crippen LogP contribution is 2.38. The molecule has 2 aromatic rings. The molecule has 262 valence electrons. The summed E-state index contributed by atoms with van der Waals surface area (Å²) < 4.78 is 4.25. The lowest BCUT2D eigenvalue weighted by Crippen LogP contribution is -2.42. The number of aromatic nitrogens is 1. The molecule has 6 nitrogen and oxygen atoms in total. The van der Waals surface area contributed by atoms with Crippen molar-refractivity contribution in [3.05, 3.63) is 94.3 Å².